The van der Waals surface area contributed by atoms with Crippen LogP contribution in [0.15, 0.2) is 60.9 Å². The van der Waals surface area contributed by atoms with Gasteiger partial charge in [0.1, 0.15) is 0 Å². The summed E-state index contributed by atoms with van der Waals surface area (Å²) in [6.07, 6.45) is 0.0202. The Hall–Kier alpha value is -2.88. The van der Waals surface area contributed by atoms with Gasteiger partial charge >= 0.3 is 0 Å². The average Bonchev–Trinajstić information content (AvgIpc) is 2.99. The van der Waals surface area contributed by atoms with Gasteiger partial charge in [0.15, 0.2) is 5.76 Å². The molecule has 1 atom stereocenters. The smallest absolute Gasteiger partial charge is 0.276 e. The predicted molar refractivity (Wildman–Crippen MR) is 90.3 cm³/mol. The Kier molecular flexibility index (Phi) is 3.10. The van der Waals surface area contributed by atoms with Gasteiger partial charge in [-0.3, -0.25) is 9.59 Å². The minimum Gasteiger partial charge on any atom is -0.469 e. The molecule has 4 heteroatoms. The monoisotopic (exact) mass is 319 g/mol. The van der Waals surface area contributed by atoms with Gasteiger partial charge in [0, 0.05) is 5.56 Å². The molecule has 2 aromatic rings. The zero-order valence-corrected chi connectivity index (χ0v) is 13.4. The fraction of sp³-hybridized carbons (Fsp3) is 0.200. The first-order chi connectivity index (χ1) is 11.5. The number of ketones is 1. The van der Waals surface area contributed by atoms with Crippen molar-refractivity contribution in [2.75, 3.05) is 4.90 Å². The van der Waals surface area contributed by atoms with Gasteiger partial charge < -0.3 is 9.64 Å². The SMILES string of the molecule is C=C1OC2(CC1=O)C(=O)N(Cc1ccccc1)c1ccc(C)cc12. The van der Waals surface area contributed by atoms with Gasteiger partial charge in [0.05, 0.1) is 18.7 Å². The van der Waals surface area contributed by atoms with Crippen LogP contribution in [-0.4, -0.2) is 11.7 Å². The molecule has 0 saturated carbocycles. The second kappa shape index (κ2) is 5.06. The zero-order valence-electron chi connectivity index (χ0n) is 13.4. The Bertz CT molecular complexity index is 854. The van der Waals surface area contributed by atoms with E-state index >= 15 is 0 Å². The summed E-state index contributed by atoms with van der Waals surface area (Å²) in [6.45, 7) is 6.06. The van der Waals surface area contributed by atoms with Crippen molar-refractivity contribution in [1.82, 2.24) is 0 Å². The van der Waals surface area contributed by atoms with Gasteiger partial charge in [-0.25, -0.2) is 0 Å². The zero-order chi connectivity index (χ0) is 16.9. The molecule has 2 aliphatic rings. The van der Waals surface area contributed by atoms with E-state index in [9.17, 15) is 9.59 Å². The molecule has 0 aliphatic carbocycles. The first kappa shape index (κ1) is 14.7. The Labute approximate surface area is 140 Å². The summed E-state index contributed by atoms with van der Waals surface area (Å²) in [6, 6.07) is 15.6. The van der Waals surface area contributed by atoms with E-state index in [0.29, 0.717) is 6.54 Å². The normalized spacial score (nSPS) is 22.2. The Morgan fingerprint density at radius 3 is 2.58 bits per heavy atom. The van der Waals surface area contributed by atoms with Crippen molar-refractivity contribution in [2.24, 2.45) is 0 Å². The Morgan fingerprint density at radius 1 is 1.17 bits per heavy atom. The van der Waals surface area contributed by atoms with Gasteiger partial charge in [0.25, 0.3) is 5.91 Å². The van der Waals surface area contributed by atoms with E-state index in [1.165, 1.54) is 0 Å². The minimum atomic E-state index is -1.25. The molecule has 120 valence electrons. The van der Waals surface area contributed by atoms with Crippen molar-refractivity contribution in [3.05, 3.63) is 77.6 Å². The number of ether oxygens (including phenoxy) is 1. The van der Waals surface area contributed by atoms with Crippen LogP contribution < -0.4 is 4.90 Å². The number of Topliss-reactive ketones (excluding diaryl/α,β-unsaturated/α-hetero) is 1. The molecular weight excluding hydrogens is 302 g/mol. The highest BCUT2D eigenvalue weighted by atomic mass is 16.5. The molecule has 1 spiro atoms. The van der Waals surface area contributed by atoms with E-state index in [1.807, 2.05) is 55.5 Å². The average molecular weight is 319 g/mol. The molecular formula is C20H17NO3. The second-order valence-corrected chi connectivity index (χ2v) is 6.35. The van der Waals surface area contributed by atoms with E-state index in [1.54, 1.807) is 4.90 Å². The van der Waals surface area contributed by atoms with Crippen LogP contribution in [0.2, 0.25) is 0 Å². The quantitative estimate of drug-likeness (QED) is 0.798. The van der Waals surface area contributed by atoms with Gasteiger partial charge in [-0.1, -0.05) is 48.5 Å². The van der Waals surface area contributed by atoms with Gasteiger partial charge in [-0.2, -0.15) is 0 Å². The molecule has 24 heavy (non-hydrogen) atoms. The third kappa shape index (κ3) is 1.99. The molecule has 0 N–H and O–H groups in total. The highest BCUT2D eigenvalue weighted by Crippen LogP contribution is 2.50. The van der Waals surface area contributed by atoms with Crippen molar-refractivity contribution in [2.45, 2.75) is 25.5 Å². The van der Waals surface area contributed by atoms with Crippen LogP contribution in [0.3, 0.4) is 0 Å². The number of aryl methyl sites for hydroxylation is 1. The number of hydrogen-bond donors (Lipinski definition) is 0. The van der Waals surface area contributed by atoms with Gasteiger partial charge in [-0.15, -0.1) is 0 Å². The standard InChI is InChI=1S/C20H17NO3/c1-13-8-9-17-16(10-13)20(11-18(22)14(2)24-20)19(23)21(17)12-15-6-4-3-5-7-15/h3-10H,2,11-12H2,1H3. The largest absolute Gasteiger partial charge is 0.469 e. The summed E-state index contributed by atoms with van der Waals surface area (Å²) < 4.78 is 5.75. The number of fused-ring (bicyclic) bond motifs is 2. The number of rotatable bonds is 2. The van der Waals surface area contributed by atoms with Crippen molar-refractivity contribution >= 4 is 17.4 Å². The summed E-state index contributed by atoms with van der Waals surface area (Å²) in [5.41, 5.74) is 2.37. The summed E-state index contributed by atoms with van der Waals surface area (Å²) in [5.74, 6) is -0.339. The van der Waals surface area contributed by atoms with Crippen LogP contribution in [-0.2, 0) is 26.5 Å². The molecule has 1 unspecified atom stereocenters. The Morgan fingerprint density at radius 2 is 1.92 bits per heavy atom. The van der Waals surface area contributed by atoms with Crippen LogP contribution in [0.25, 0.3) is 0 Å². The fourth-order valence-electron chi connectivity index (χ4n) is 3.47. The molecule has 1 saturated heterocycles. The molecule has 2 aliphatic heterocycles. The number of carbonyl (C=O) groups excluding carboxylic acids is 2. The topological polar surface area (TPSA) is 46.6 Å². The molecule has 0 aromatic heterocycles. The van der Waals surface area contributed by atoms with Crippen LogP contribution >= 0.6 is 0 Å². The third-order valence-corrected chi connectivity index (χ3v) is 4.67. The maximum atomic E-state index is 13.2. The van der Waals surface area contributed by atoms with Crippen molar-refractivity contribution in [1.29, 1.82) is 0 Å². The third-order valence-electron chi connectivity index (χ3n) is 4.67. The number of hydrogen-bond acceptors (Lipinski definition) is 3. The molecule has 0 radical (unpaired) electrons. The van der Waals surface area contributed by atoms with Crippen LogP contribution in [0.4, 0.5) is 5.69 Å². The van der Waals surface area contributed by atoms with Crippen LogP contribution in [0, 0.1) is 6.92 Å². The van der Waals surface area contributed by atoms with E-state index in [4.69, 9.17) is 4.74 Å². The first-order valence-corrected chi connectivity index (χ1v) is 7.89. The van der Waals surface area contributed by atoms with Gasteiger partial charge in [-0.05, 0) is 24.6 Å². The number of anilines is 1. The number of allylic oxidation sites excluding steroid dienone is 1. The lowest BCUT2D eigenvalue weighted by Gasteiger charge is -2.22. The highest BCUT2D eigenvalue weighted by molar-refractivity contribution is 6.12. The summed E-state index contributed by atoms with van der Waals surface area (Å²) in [5, 5.41) is 0. The van der Waals surface area contributed by atoms with E-state index in [-0.39, 0.29) is 23.9 Å². The van der Waals surface area contributed by atoms with Crippen LogP contribution in [0.5, 0.6) is 0 Å². The lowest BCUT2D eigenvalue weighted by molar-refractivity contribution is -0.135. The maximum absolute atomic E-state index is 13.2. The first-order valence-electron chi connectivity index (χ1n) is 7.89. The number of nitrogens with zero attached hydrogens (tertiary/aromatic N) is 1. The number of carbonyl (C=O) groups is 2. The fourth-order valence-corrected chi connectivity index (χ4v) is 3.47. The lowest BCUT2D eigenvalue weighted by Crippen LogP contribution is -2.39. The van der Waals surface area contributed by atoms with E-state index < -0.39 is 5.60 Å². The van der Waals surface area contributed by atoms with Crippen molar-refractivity contribution in [3.63, 3.8) is 0 Å². The second-order valence-electron chi connectivity index (χ2n) is 6.35. The minimum absolute atomic E-state index is 0.0202. The summed E-state index contributed by atoms with van der Waals surface area (Å²) >= 11 is 0. The lowest BCUT2D eigenvalue weighted by atomic mass is 9.91. The Balaban J connectivity index is 1.82. The molecule has 0 bridgehead atoms. The van der Waals surface area contributed by atoms with Crippen molar-refractivity contribution in [3.8, 4) is 0 Å². The van der Waals surface area contributed by atoms with E-state index in [0.717, 1.165) is 22.4 Å². The summed E-state index contributed by atoms with van der Waals surface area (Å²) in [4.78, 5) is 27.0. The number of benzene rings is 2. The molecule has 2 heterocycles. The number of amides is 1. The van der Waals surface area contributed by atoms with Gasteiger partial charge in [0.2, 0.25) is 11.4 Å². The summed E-state index contributed by atoms with van der Waals surface area (Å²) in [7, 11) is 0. The highest BCUT2D eigenvalue weighted by Gasteiger charge is 2.58. The maximum Gasteiger partial charge on any atom is 0.276 e. The molecule has 1 amide bonds. The van der Waals surface area contributed by atoms with E-state index in [2.05, 4.69) is 6.58 Å². The predicted octanol–water partition coefficient (Wildman–Crippen LogP) is 3.24. The van der Waals surface area contributed by atoms with Crippen molar-refractivity contribution < 1.29 is 14.3 Å². The molecule has 2 aromatic carbocycles. The van der Waals surface area contributed by atoms with Crippen LogP contribution in [0.1, 0.15) is 23.1 Å². The molecule has 4 rings (SSSR count). The molecule has 1 fully saturated rings. The molecule has 4 nitrogen and oxygen atoms in total.